The molecule has 0 saturated heterocycles. The largest absolute Gasteiger partial charge is 0.439 e. The molecule has 35 heavy (non-hydrogen) atoms. The number of nitrogens with one attached hydrogen (secondary N) is 1. The minimum atomic E-state index is -0.0735. The molecule has 0 radical (unpaired) electrons. The van der Waals surface area contributed by atoms with E-state index in [1.807, 2.05) is 75.4 Å². The number of fused-ring (bicyclic) bond motifs is 1. The Hall–Kier alpha value is -4.52. The van der Waals surface area contributed by atoms with Gasteiger partial charge in [-0.1, -0.05) is 42.5 Å². The number of amides is 1. The second-order valence-corrected chi connectivity index (χ2v) is 8.41. The van der Waals surface area contributed by atoms with Crippen LogP contribution in [0.15, 0.2) is 79.1 Å². The number of hydrogen-bond acceptors (Lipinski definition) is 5. The first-order valence-electron chi connectivity index (χ1n) is 11.4. The topological polar surface area (TPSA) is 81.9 Å². The normalized spacial score (nSPS) is 10.9. The molecular weight excluding hydrogens is 438 g/mol. The number of anilines is 1. The molecule has 174 valence electrons. The summed E-state index contributed by atoms with van der Waals surface area (Å²) in [6, 6.07) is 23.0. The van der Waals surface area contributed by atoms with Crippen LogP contribution in [0.25, 0.3) is 16.6 Å². The van der Waals surface area contributed by atoms with Crippen LogP contribution in [0.4, 0.5) is 5.69 Å². The molecule has 3 aromatic carbocycles. The quantitative estimate of drug-likeness (QED) is 0.349. The zero-order chi connectivity index (χ0) is 24.4. The van der Waals surface area contributed by atoms with Crippen molar-refractivity contribution < 1.29 is 9.53 Å². The van der Waals surface area contributed by atoms with Gasteiger partial charge in [-0.3, -0.25) is 4.79 Å². The summed E-state index contributed by atoms with van der Waals surface area (Å²) in [5, 5.41) is 9.72. The molecule has 7 heteroatoms. The van der Waals surface area contributed by atoms with E-state index in [0.29, 0.717) is 29.6 Å². The van der Waals surface area contributed by atoms with E-state index in [2.05, 4.69) is 20.4 Å². The Bertz CT molecular complexity index is 1520. The molecule has 1 N–H and O–H groups in total. The second kappa shape index (κ2) is 9.38. The van der Waals surface area contributed by atoms with Crippen LogP contribution in [0, 0.1) is 20.8 Å². The molecule has 0 atom stereocenters. The van der Waals surface area contributed by atoms with Gasteiger partial charge in [0.15, 0.2) is 5.82 Å². The van der Waals surface area contributed by atoms with Crippen molar-refractivity contribution in [3.8, 4) is 17.4 Å². The summed E-state index contributed by atoms with van der Waals surface area (Å²) in [7, 11) is 0. The molecule has 2 heterocycles. The molecule has 5 rings (SSSR count). The van der Waals surface area contributed by atoms with E-state index in [-0.39, 0.29) is 5.91 Å². The molecule has 0 saturated carbocycles. The Kier molecular flexibility index (Phi) is 5.97. The number of nitrogens with zero attached hydrogens (tertiary/aromatic N) is 4. The molecule has 1 amide bonds. The third-order valence-electron chi connectivity index (χ3n) is 6.09. The van der Waals surface area contributed by atoms with Gasteiger partial charge in [0.1, 0.15) is 12.1 Å². The predicted octanol–water partition coefficient (Wildman–Crippen LogP) is 5.71. The molecule has 0 spiro atoms. The van der Waals surface area contributed by atoms with Crippen molar-refractivity contribution in [3.63, 3.8) is 0 Å². The maximum Gasteiger partial charge on any atom is 0.228 e. The zero-order valence-electron chi connectivity index (χ0n) is 19.8. The van der Waals surface area contributed by atoms with Gasteiger partial charge in [-0.2, -0.15) is 5.10 Å². The molecular formula is C28H25N5O2. The fraction of sp³-hybridized carbons (Fsp3) is 0.143. The third kappa shape index (κ3) is 4.75. The average Bonchev–Trinajstić information content (AvgIpc) is 3.13. The van der Waals surface area contributed by atoms with Crippen molar-refractivity contribution in [3.05, 3.63) is 102 Å². The van der Waals surface area contributed by atoms with Crippen molar-refractivity contribution >= 4 is 22.4 Å². The van der Waals surface area contributed by atoms with Crippen molar-refractivity contribution in [2.24, 2.45) is 0 Å². The molecule has 0 fully saturated rings. The van der Waals surface area contributed by atoms with Crippen molar-refractivity contribution in [2.75, 3.05) is 5.32 Å². The SMILES string of the molecule is Cc1nn(-c2cc(Oc3ccc(NC(=O)Cc4cccc5ccccc45)cc3)ncn2)c(C)c1C. The lowest BCUT2D eigenvalue weighted by atomic mass is 10.0. The maximum absolute atomic E-state index is 12.7. The lowest BCUT2D eigenvalue weighted by molar-refractivity contribution is -0.115. The molecule has 0 aliphatic rings. The minimum absolute atomic E-state index is 0.0735. The first-order chi connectivity index (χ1) is 17.0. The van der Waals surface area contributed by atoms with E-state index < -0.39 is 0 Å². The van der Waals surface area contributed by atoms with Gasteiger partial charge in [0, 0.05) is 17.4 Å². The van der Waals surface area contributed by atoms with Gasteiger partial charge >= 0.3 is 0 Å². The summed E-state index contributed by atoms with van der Waals surface area (Å²) in [5.41, 5.74) is 4.81. The van der Waals surface area contributed by atoms with E-state index in [1.54, 1.807) is 22.9 Å². The fourth-order valence-corrected chi connectivity index (χ4v) is 4.00. The van der Waals surface area contributed by atoms with Crippen LogP contribution in [0.3, 0.4) is 0 Å². The highest BCUT2D eigenvalue weighted by Gasteiger charge is 2.12. The van der Waals surface area contributed by atoms with E-state index in [1.165, 1.54) is 6.33 Å². The molecule has 2 aromatic heterocycles. The highest BCUT2D eigenvalue weighted by Crippen LogP contribution is 2.24. The van der Waals surface area contributed by atoms with Crippen LogP contribution in [-0.4, -0.2) is 25.7 Å². The number of benzene rings is 3. The maximum atomic E-state index is 12.7. The lowest BCUT2D eigenvalue weighted by Crippen LogP contribution is -2.14. The van der Waals surface area contributed by atoms with Crippen LogP contribution in [0.5, 0.6) is 11.6 Å². The summed E-state index contributed by atoms with van der Waals surface area (Å²) in [6.07, 6.45) is 1.76. The summed E-state index contributed by atoms with van der Waals surface area (Å²) < 4.78 is 7.70. The van der Waals surface area contributed by atoms with Gasteiger partial charge in [0.25, 0.3) is 0 Å². The summed E-state index contributed by atoms with van der Waals surface area (Å²) >= 11 is 0. The first-order valence-corrected chi connectivity index (χ1v) is 11.4. The monoisotopic (exact) mass is 463 g/mol. The molecule has 0 bridgehead atoms. The van der Waals surface area contributed by atoms with Crippen LogP contribution in [0.2, 0.25) is 0 Å². The molecule has 5 aromatic rings. The summed E-state index contributed by atoms with van der Waals surface area (Å²) in [6.45, 7) is 6.01. The number of aromatic nitrogens is 4. The molecule has 7 nitrogen and oxygen atoms in total. The van der Waals surface area contributed by atoms with Crippen molar-refractivity contribution in [1.82, 2.24) is 19.7 Å². The van der Waals surface area contributed by atoms with E-state index in [4.69, 9.17) is 4.74 Å². The van der Waals surface area contributed by atoms with E-state index >= 15 is 0 Å². The molecule has 0 unspecified atom stereocenters. The van der Waals surface area contributed by atoms with E-state index in [9.17, 15) is 4.79 Å². The van der Waals surface area contributed by atoms with Crippen molar-refractivity contribution in [2.45, 2.75) is 27.2 Å². The predicted molar refractivity (Wildman–Crippen MR) is 136 cm³/mol. The standard InChI is InChI=1S/C28H25N5O2/c1-18-19(2)32-33(20(18)3)26-16-28(30-17-29-26)35-24-13-11-23(12-14-24)31-27(34)15-22-9-6-8-21-7-4-5-10-25(21)22/h4-14,16-17H,15H2,1-3H3,(H,31,34). The Morgan fingerprint density at radius 3 is 2.49 bits per heavy atom. The number of carbonyl (C=O) groups is 1. The van der Waals surface area contributed by atoms with E-state index in [0.717, 1.165) is 33.3 Å². The number of rotatable bonds is 6. The number of hydrogen-bond donors (Lipinski definition) is 1. The number of carbonyl (C=O) groups excluding carboxylic acids is 1. The Morgan fingerprint density at radius 1 is 0.943 bits per heavy atom. The van der Waals surface area contributed by atoms with Gasteiger partial charge in [-0.25, -0.2) is 14.6 Å². The number of ether oxygens (including phenoxy) is 1. The van der Waals surface area contributed by atoms with Crippen LogP contribution < -0.4 is 10.1 Å². The summed E-state index contributed by atoms with van der Waals surface area (Å²) in [5.74, 6) is 1.58. The third-order valence-corrected chi connectivity index (χ3v) is 6.09. The molecule has 0 aliphatic carbocycles. The summed E-state index contributed by atoms with van der Waals surface area (Å²) in [4.78, 5) is 21.2. The van der Waals surface area contributed by atoms with Gasteiger partial charge in [0.2, 0.25) is 11.8 Å². The van der Waals surface area contributed by atoms with Crippen LogP contribution >= 0.6 is 0 Å². The van der Waals surface area contributed by atoms with Crippen molar-refractivity contribution in [1.29, 1.82) is 0 Å². The second-order valence-electron chi connectivity index (χ2n) is 8.41. The average molecular weight is 464 g/mol. The van der Waals surface area contributed by atoms with Gasteiger partial charge < -0.3 is 10.1 Å². The van der Waals surface area contributed by atoms with Gasteiger partial charge in [-0.05, 0) is 66.9 Å². The van der Waals surface area contributed by atoms with Gasteiger partial charge in [-0.15, -0.1) is 0 Å². The highest BCUT2D eigenvalue weighted by molar-refractivity contribution is 5.96. The Morgan fingerprint density at radius 2 is 1.71 bits per heavy atom. The number of aryl methyl sites for hydroxylation is 1. The fourth-order valence-electron chi connectivity index (χ4n) is 4.00. The Balaban J connectivity index is 1.25. The Labute approximate surface area is 203 Å². The molecule has 0 aliphatic heterocycles. The highest BCUT2D eigenvalue weighted by atomic mass is 16.5. The minimum Gasteiger partial charge on any atom is -0.439 e. The first kappa shape index (κ1) is 22.3. The zero-order valence-corrected chi connectivity index (χ0v) is 19.8. The van der Waals surface area contributed by atoms with Crippen LogP contribution in [-0.2, 0) is 11.2 Å². The van der Waals surface area contributed by atoms with Crippen LogP contribution in [0.1, 0.15) is 22.5 Å². The lowest BCUT2D eigenvalue weighted by Gasteiger charge is -2.10. The van der Waals surface area contributed by atoms with Gasteiger partial charge in [0.05, 0.1) is 12.1 Å². The smallest absolute Gasteiger partial charge is 0.228 e.